The van der Waals surface area contributed by atoms with Gasteiger partial charge in [0.25, 0.3) is 6.01 Å². The van der Waals surface area contributed by atoms with Crippen LogP contribution in [0.25, 0.3) is 11.1 Å². The summed E-state index contributed by atoms with van der Waals surface area (Å²) in [5, 5.41) is 3.70. The lowest BCUT2D eigenvalue weighted by Gasteiger charge is -2.01. The molecule has 2 heterocycles. The fourth-order valence-corrected chi connectivity index (χ4v) is 1.99. The third-order valence-corrected chi connectivity index (χ3v) is 2.97. The number of hydrogen-bond acceptors (Lipinski definition) is 5. The summed E-state index contributed by atoms with van der Waals surface area (Å²) in [6.45, 7) is 0.472. The second-order valence-electron chi connectivity index (χ2n) is 4.08. The van der Waals surface area contributed by atoms with Crippen molar-refractivity contribution in [2.24, 2.45) is 0 Å². The third-order valence-electron chi connectivity index (χ3n) is 2.73. The van der Waals surface area contributed by atoms with Crippen molar-refractivity contribution in [3.05, 3.63) is 47.2 Å². The molecule has 0 atom stereocenters. The lowest BCUT2D eigenvalue weighted by atomic mass is 10.3. The Hall–Kier alpha value is -2.27. The van der Waals surface area contributed by atoms with E-state index in [-0.39, 0.29) is 0 Å². The van der Waals surface area contributed by atoms with Crippen LogP contribution in [0.5, 0.6) is 5.75 Å². The molecule has 0 spiro atoms. The molecule has 1 N–H and O–H groups in total. The zero-order valence-electron chi connectivity index (χ0n) is 10.7. The predicted octanol–water partition coefficient (Wildman–Crippen LogP) is 3.30. The molecule has 0 unspecified atom stereocenters. The number of nitrogens with one attached hydrogen (secondary N) is 1. The number of halogens is 1. The number of anilines is 1. The number of benzene rings is 1. The fraction of sp³-hybridized carbons (Fsp3) is 0.143. The number of methoxy groups -OCH3 is 1. The number of ether oxygens (including phenoxy) is 1. The van der Waals surface area contributed by atoms with E-state index in [9.17, 15) is 0 Å². The molecule has 0 aliphatic carbocycles. The maximum atomic E-state index is 5.90. The Morgan fingerprint density at radius 2 is 2.35 bits per heavy atom. The molecule has 0 bridgehead atoms. The molecule has 0 aliphatic heterocycles. The van der Waals surface area contributed by atoms with Crippen LogP contribution in [-0.4, -0.2) is 17.1 Å². The molecule has 3 rings (SSSR count). The monoisotopic (exact) mass is 288 g/mol. The van der Waals surface area contributed by atoms with Crippen molar-refractivity contribution >= 4 is 28.7 Å². The van der Waals surface area contributed by atoms with E-state index in [4.69, 9.17) is 20.8 Å². The Bertz CT molecular complexity index is 742. The standard InChI is InChI=1S/C14H11ClN3O2/c1-19-12-4-2-3-11-13(12)20-14(18-11)17-8-10-7-9(15)5-6-16-10/h3-7H,8H2,1H3,(H,17,18). The van der Waals surface area contributed by atoms with Crippen LogP contribution in [0.3, 0.4) is 0 Å². The summed E-state index contributed by atoms with van der Waals surface area (Å²) in [6, 6.07) is 10.3. The molecule has 5 nitrogen and oxygen atoms in total. The Morgan fingerprint density at radius 3 is 3.15 bits per heavy atom. The molecule has 101 valence electrons. The van der Waals surface area contributed by atoms with E-state index in [2.05, 4.69) is 21.4 Å². The lowest BCUT2D eigenvalue weighted by Crippen LogP contribution is -2.01. The van der Waals surface area contributed by atoms with Crippen molar-refractivity contribution in [2.75, 3.05) is 12.4 Å². The fourth-order valence-electron chi connectivity index (χ4n) is 1.81. The van der Waals surface area contributed by atoms with Gasteiger partial charge in [0.05, 0.1) is 19.3 Å². The molecule has 0 saturated heterocycles. The number of pyridine rings is 1. The molecule has 2 aromatic heterocycles. The first-order chi connectivity index (χ1) is 9.76. The van der Waals surface area contributed by atoms with E-state index in [1.54, 1.807) is 37.6 Å². The van der Waals surface area contributed by atoms with Crippen LogP contribution < -0.4 is 10.1 Å². The van der Waals surface area contributed by atoms with Gasteiger partial charge in [-0.05, 0) is 30.3 Å². The SMILES string of the molecule is COc1c[c]cc2nc(NCc3cc(Cl)ccn3)oc12. The number of hydrogen-bond donors (Lipinski definition) is 1. The first-order valence-electron chi connectivity index (χ1n) is 5.95. The molecular weight excluding hydrogens is 278 g/mol. The second-order valence-corrected chi connectivity index (χ2v) is 4.51. The van der Waals surface area contributed by atoms with Crippen LogP contribution >= 0.6 is 11.6 Å². The van der Waals surface area contributed by atoms with Crippen molar-refractivity contribution < 1.29 is 9.15 Å². The lowest BCUT2D eigenvalue weighted by molar-refractivity contribution is 0.410. The van der Waals surface area contributed by atoms with Crippen LogP contribution in [0.15, 0.2) is 34.9 Å². The summed E-state index contributed by atoms with van der Waals surface area (Å²) in [4.78, 5) is 8.50. The van der Waals surface area contributed by atoms with Crippen LogP contribution in [0, 0.1) is 6.07 Å². The maximum absolute atomic E-state index is 5.90. The van der Waals surface area contributed by atoms with E-state index < -0.39 is 0 Å². The number of fused-ring (bicyclic) bond motifs is 1. The average molecular weight is 289 g/mol. The van der Waals surface area contributed by atoms with Gasteiger partial charge in [-0.2, -0.15) is 4.98 Å². The van der Waals surface area contributed by atoms with Crippen molar-refractivity contribution in [1.82, 2.24) is 9.97 Å². The van der Waals surface area contributed by atoms with E-state index in [1.807, 2.05) is 0 Å². The molecule has 1 aromatic carbocycles. The summed E-state index contributed by atoms with van der Waals surface area (Å²) in [7, 11) is 1.58. The normalized spacial score (nSPS) is 10.7. The van der Waals surface area contributed by atoms with Crippen LogP contribution in [0.1, 0.15) is 5.69 Å². The van der Waals surface area contributed by atoms with Crippen molar-refractivity contribution in [2.45, 2.75) is 6.54 Å². The van der Waals surface area contributed by atoms with Gasteiger partial charge >= 0.3 is 0 Å². The topological polar surface area (TPSA) is 60.2 Å². The number of oxazole rings is 1. The predicted molar refractivity (Wildman–Crippen MR) is 76.0 cm³/mol. The minimum atomic E-state index is 0.402. The van der Waals surface area contributed by atoms with E-state index in [1.165, 1.54) is 0 Å². The molecule has 1 radical (unpaired) electrons. The Balaban J connectivity index is 1.81. The first kappa shape index (κ1) is 12.7. The van der Waals surface area contributed by atoms with Gasteiger partial charge in [-0.1, -0.05) is 11.6 Å². The van der Waals surface area contributed by atoms with Gasteiger partial charge in [0.15, 0.2) is 11.3 Å². The van der Waals surface area contributed by atoms with Gasteiger partial charge in [-0.25, -0.2) is 0 Å². The highest BCUT2D eigenvalue weighted by Gasteiger charge is 2.10. The van der Waals surface area contributed by atoms with Crippen molar-refractivity contribution in [1.29, 1.82) is 0 Å². The molecule has 3 aromatic rings. The minimum absolute atomic E-state index is 0.402. The summed E-state index contributed by atoms with van der Waals surface area (Å²) >= 11 is 5.90. The van der Waals surface area contributed by atoms with Crippen LogP contribution in [-0.2, 0) is 6.54 Å². The zero-order chi connectivity index (χ0) is 13.9. The third kappa shape index (κ3) is 2.53. The Morgan fingerprint density at radius 1 is 1.45 bits per heavy atom. The molecule has 0 saturated carbocycles. The average Bonchev–Trinajstić information content (AvgIpc) is 2.88. The largest absolute Gasteiger partial charge is 0.493 e. The molecule has 20 heavy (non-hydrogen) atoms. The minimum Gasteiger partial charge on any atom is -0.493 e. The van der Waals surface area contributed by atoms with E-state index in [0.717, 1.165) is 5.69 Å². The number of rotatable bonds is 4. The zero-order valence-corrected chi connectivity index (χ0v) is 11.4. The highest BCUT2D eigenvalue weighted by molar-refractivity contribution is 6.30. The van der Waals surface area contributed by atoms with Gasteiger partial charge in [0.1, 0.15) is 5.52 Å². The maximum Gasteiger partial charge on any atom is 0.296 e. The highest BCUT2D eigenvalue weighted by atomic mass is 35.5. The summed E-state index contributed by atoms with van der Waals surface area (Å²) < 4.78 is 10.8. The molecular formula is C14H11ClN3O2. The van der Waals surface area contributed by atoms with E-state index in [0.29, 0.717) is 34.4 Å². The van der Waals surface area contributed by atoms with E-state index >= 15 is 0 Å². The van der Waals surface area contributed by atoms with Crippen LogP contribution in [0.4, 0.5) is 6.01 Å². The van der Waals surface area contributed by atoms with Gasteiger partial charge in [0.2, 0.25) is 0 Å². The number of aromatic nitrogens is 2. The Kier molecular flexibility index (Phi) is 3.43. The highest BCUT2D eigenvalue weighted by Crippen LogP contribution is 2.27. The van der Waals surface area contributed by atoms with Gasteiger partial charge in [-0.3, -0.25) is 4.98 Å². The summed E-state index contributed by atoms with van der Waals surface area (Å²) in [6.07, 6.45) is 1.66. The first-order valence-corrected chi connectivity index (χ1v) is 6.33. The Labute approximate surface area is 120 Å². The van der Waals surface area contributed by atoms with Crippen molar-refractivity contribution in [3.63, 3.8) is 0 Å². The van der Waals surface area contributed by atoms with Crippen molar-refractivity contribution in [3.8, 4) is 5.75 Å². The molecule has 0 amide bonds. The molecule has 0 aliphatic rings. The summed E-state index contributed by atoms with van der Waals surface area (Å²) in [5.41, 5.74) is 2.08. The second kappa shape index (κ2) is 5.38. The summed E-state index contributed by atoms with van der Waals surface area (Å²) in [5.74, 6) is 0.601. The smallest absolute Gasteiger partial charge is 0.296 e. The van der Waals surface area contributed by atoms with Gasteiger partial charge in [0, 0.05) is 11.2 Å². The van der Waals surface area contributed by atoms with Gasteiger partial charge < -0.3 is 14.5 Å². The number of nitrogens with zero attached hydrogens (tertiary/aromatic N) is 2. The van der Waals surface area contributed by atoms with Crippen LogP contribution in [0.2, 0.25) is 5.02 Å². The quantitative estimate of drug-likeness (QED) is 0.798. The van der Waals surface area contributed by atoms with Gasteiger partial charge in [-0.15, -0.1) is 0 Å². The molecule has 0 fully saturated rings. The molecule has 6 heteroatoms.